The van der Waals surface area contributed by atoms with E-state index in [0.29, 0.717) is 5.92 Å². The van der Waals surface area contributed by atoms with Gasteiger partial charge in [-0.05, 0) is 25.0 Å². The van der Waals surface area contributed by atoms with Crippen LogP contribution in [0, 0.1) is 0 Å². The number of piperidine rings is 1. The number of likely N-dealkylation sites (tertiary alicyclic amines) is 1. The van der Waals surface area contributed by atoms with Crippen molar-refractivity contribution in [3.8, 4) is 0 Å². The van der Waals surface area contributed by atoms with Crippen molar-refractivity contribution < 1.29 is 4.79 Å². The van der Waals surface area contributed by atoms with Crippen LogP contribution in [0.25, 0.3) is 10.9 Å². The lowest BCUT2D eigenvalue weighted by molar-refractivity contribution is -0.133. The van der Waals surface area contributed by atoms with Crippen LogP contribution < -0.4 is 11.1 Å². The number of benzene rings is 1. The first-order valence-electron chi connectivity index (χ1n) is 8.47. The quantitative estimate of drug-likeness (QED) is 0.875. The fourth-order valence-corrected chi connectivity index (χ4v) is 4.55. The highest BCUT2D eigenvalue weighted by Gasteiger charge is 2.31. The predicted molar refractivity (Wildman–Crippen MR) is 99.0 cm³/mol. The highest BCUT2D eigenvalue weighted by atomic mass is 32.2. The average molecular weight is 342 g/mol. The van der Waals surface area contributed by atoms with Crippen molar-refractivity contribution in [3.05, 3.63) is 36.0 Å². The molecule has 0 unspecified atom stereocenters. The Morgan fingerprint density at radius 3 is 2.83 bits per heavy atom. The third-order valence-corrected chi connectivity index (χ3v) is 5.93. The predicted octanol–water partition coefficient (Wildman–Crippen LogP) is 2.19. The molecule has 0 aliphatic carbocycles. The van der Waals surface area contributed by atoms with Crippen LogP contribution in [0.15, 0.2) is 30.3 Å². The summed E-state index contributed by atoms with van der Waals surface area (Å²) in [6, 6.07) is 10.1. The number of carbonyl (C=O) groups excluding carboxylic acids is 1. The Morgan fingerprint density at radius 2 is 2.08 bits per heavy atom. The number of aromatic nitrogens is 1. The third-order valence-electron chi connectivity index (χ3n) is 4.99. The van der Waals surface area contributed by atoms with Crippen LogP contribution in [-0.4, -0.2) is 46.6 Å². The van der Waals surface area contributed by atoms with E-state index in [1.54, 1.807) is 11.8 Å². The van der Waals surface area contributed by atoms with E-state index in [9.17, 15) is 4.79 Å². The van der Waals surface area contributed by atoms with E-state index in [4.69, 9.17) is 10.7 Å². The van der Waals surface area contributed by atoms with Gasteiger partial charge in [-0.3, -0.25) is 15.1 Å². The molecular formula is C18H22N4OS. The van der Waals surface area contributed by atoms with Gasteiger partial charge in [-0.1, -0.05) is 18.2 Å². The van der Waals surface area contributed by atoms with Crippen molar-refractivity contribution in [1.29, 1.82) is 0 Å². The lowest BCUT2D eigenvalue weighted by Gasteiger charge is -2.33. The van der Waals surface area contributed by atoms with Gasteiger partial charge in [-0.15, -0.1) is 11.8 Å². The van der Waals surface area contributed by atoms with Gasteiger partial charge in [0.2, 0.25) is 5.91 Å². The number of hydrogen-bond donors (Lipinski definition) is 2. The monoisotopic (exact) mass is 342 g/mol. The molecule has 24 heavy (non-hydrogen) atoms. The Morgan fingerprint density at radius 1 is 1.29 bits per heavy atom. The topological polar surface area (TPSA) is 71.2 Å². The smallest absolute Gasteiger partial charge is 0.240 e. The molecule has 0 bridgehead atoms. The van der Waals surface area contributed by atoms with Gasteiger partial charge >= 0.3 is 0 Å². The minimum atomic E-state index is -0.00425. The summed E-state index contributed by atoms with van der Waals surface area (Å²) >= 11 is 1.79. The van der Waals surface area contributed by atoms with Crippen molar-refractivity contribution >= 4 is 34.3 Å². The number of amides is 1. The Labute approximate surface area is 146 Å². The molecule has 4 rings (SSSR count). The fourth-order valence-electron chi connectivity index (χ4n) is 3.62. The maximum atomic E-state index is 12.5. The van der Waals surface area contributed by atoms with Crippen molar-refractivity contribution in [2.45, 2.75) is 24.8 Å². The zero-order valence-corrected chi connectivity index (χ0v) is 14.4. The van der Waals surface area contributed by atoms with Crippen molar-refractivity contribution in [3.63, 3.8) is 0 Å². The van der Waals surface area contributed by atoms with Gasteiger partial charge in [0, 0.05) is 36.0 Å². The average Bonchev–Trinajstić information content (AvgIpc) is 3.15. The Hall–Kier alpha value is -1.79. The van der Waals surface area contributed by atoms with Crippen molar-refractivity contribution in [1.82, 2.24) is 15.2 Å². The maximum absolute atomic E-state index is 12.5. The largest absolute Gasteiger partial charge is 0.397 e. The van der Waals surface area contributed by atoms with Crippen LogP contribution in [0.4, 0.5) is 5.69 Å². The lowest BCUT2D eigenvalue weighted by atomic mass is 9.91. The Balaban J connectivity index is 1.47. The van der Waals surface area contributed by atoms with Gasteiger partial charge in [0.15, 0.2) is 0 Å². The molecule has 5 nitrogen and oxygen atoms in total. The zero-order valence-electron chi connectivity index (χ0n) is 13.6. The molecule has 2 aliphatic rings. The molecule has 2 saturated heterocycles. The number of thioether (sulfide) groups is 1. The second-order valence-corrected chi connectivity index (χ2v) is 7.56. The van der Waals surface area contributed by atoms with Gasteiger partial charge in [0.1, 0.15) is 0 Å². The van der Waals surface area contributed by atoms with Crippen LogP contribution in [0.3, 0.4) is 0 Å². The highest BCUT2D eigenvalue weighted by molar-refractivity contribution is 7.99. The summed E-state index contributed by atoms with van der Waals surface area (Å²) in [6.07, 6.45) is 1.86. The molecule has 0 radical (unpaired) electrons. The number of carbonyl (C=O) groups is 1. The third kappa shape index (κ3) is 2.96. The molecule has 3 heterocycles. The number of rotatable bonds is 2. The molecule has 1 aromatic heterocycles. The summed E-state index contributed by atoms with van der Waals surface area (Å²) < 4.78 is 0. The number of nitrogen functional groups attached to an aromatic ring is 1. The summed E-state index contributed by atoms with van der Waals surface area (Å²) in [5.41, 5.74) is 9.02. The number of anilines is 1. The first-order valence-corrected chi connectivity index (χ1v) is 9.63. The summed E-state index contributed by atoms with van der Waals surface area (Å²) in [4.78, 5) is 19.3. The first kappa shape index (κ1) is 15.7. The van der Waals surface area contributed by atoms with E-state index in [1.165, 1.54) is 0 Å². The normalized spacial score (nSPS) is 22.2. The van der Waals surface area contributed by atoms with Crippen LogP contribution in [0.2, 0.25) is 0 Å². The molecule has 1 atom stereocenters. The molecule has 2 aliphatic heterocycles. The number of para-hydroxylation sites is 1. The van der Waals surface area contributed by atoms with Gasteiger partial charge in [-0.25, -0.2) is 0 Å². The van der Waals surface area contributed by atoms with E-state index in [-0.39, 0.29) is 11.9 Å². The summed E-state index contributed by atoms with van der Waals surface area (Å²) in [7, 11) is 0. The minimum absolute atomic E-state index is 0.00425. The molecule has 3 N–H and O–H groups in total. The molecule has 1 amide bonds. The number of nitrogens with zero attached hydrogens (tertiary/aromatic N) is 2. The van der Waals surface area contributed by atoms with Crippen LogP contribution in [0.1, 0.15) is 24.5 Å². The Kier molecular flexibility index (Phi) is 4.33. The minimum Gasteiger partial charge on any atom is -0.397 e. The SMILES string of the molecule is Nc1cc2ccccc2nc1C1CCN(C(=O)[C@@H]2CSCN2)CC1. The molecule has 6 heteroatoms. The second kappa shape index (κ2) is 6.61. The van der Waals surface area contributed by atoms with Gasteiger partial charge in [-0.2, -0.15) is 0 Å². The van der Waals surface area contributed by atoms with Crippen molar-refractivity contribution in [2.75, 3.05) is 30.5 Å². The van der Waals surface area contributed by atoms with Gasteiger partial charge in [0.25, 0.3) is 0 Å². The van der Waals surface area contributed by atoms with E-state index in [1.807, 2.05) is 35.2 Å². The number of hydrogen-bond acceptors (Lipinski definition) is 5. The van der Waals surface area contributed by atoms with E-state index >= 15 is 0 Å². The highest BCUT2D eigenvalue weighted by Crippen LogP contribution is 2.32. The molecule has 126 valence electrons. The maximum Gasteiger partial charge on any atom is 0.240 e. The standard InChI is InChI=1S/C18H22N4OS/c19-14-9-13-3-1-2-4-15(13)21-17(14)12-5-7-22(8-6-12)18(23)16-10-24-11-20-16/h1-4,9,12,16,20H,5-8,10-11,19H2/t16-/m0/s1. The number of nitrogens with two attached hydrogens (primary N) is 1. The Bertz CT molecular complexity index is 752. The summed E-state index contributed by atoms with van der Waals surface area (Å²) in [5.74, 6) is 2.35. The summed E-state index contributed by atoms with van der Waals surface area (Å²) in [5, 5.41) is 4.34. The lowest BCUT2D eigenvalue weighted by Crippen LogP contribution is -2.47. The van der Waals surface area contributed by atoms with E-state index in [0.717, 1.165) is 59.8 Å². The molecule has 0 spiro atoms. The first-order chi connectivity index (χ1) is 11.7. The summed E-state index contributed by atoms with van der Waals surface area (Å²) in [6.45, 7) is 1.58. The molecule has 1 aromatic carbocycles. The molecular weight excluding hydrogens is 320 g/mol. The second-order valence-electron chi connectivity index (χ2n) is 6.53. The van der Waals surface area contributed by atoms with E-state index in [2.05, 4.69) is 5.32 Å². The van der Waals surface area contributed by atoms with E-state index < -0.39 is 0 Å². The number of nitrogens with one attached hydrogen (secondary N) is 1. The number of pyridine rings is 1. The van der Waals surface area contributed by atoms with Gasteiger partial charge in [0.05, 0.1) is 22.9 Å². The van der Waals surface area contributed by atoms with Crippen LogP contribution >= 0.6 is 11.8 Å². The van der Waals surface area contributed by atoms with Crippen LogP contribution in [0.5, 0.6) is 0 Å². The number of fused-ring (bicyclic) bond motifs is 1. The van der Waals surface area contributed by atoms with Crippen molar-refractivity contribution in [2.24, 2.45) is 0 Å². The van der Waals surface area contributed by atoms with Gasteiger partial charge < -0.3 is 10.6 Å². The molecule has 2 fully saturated rings. The van der Waals surface area contributed by atoms with Crippen LogP contribution in [-0.2, 0) is 4.79 Å². The fraction of sp³-hybridized carbons (Fsp3) is 0.444. The molecule has 0 saturated carbocycles. The molecule has 2 aromatic rings. The zero-order chi connectivity index (χ0) is 16.5.